The monoisotopic (exact) mass is 739 g/mol. The van der Waals surface area contributed by atoms with Gasteiger partial charge in [-0.25, -0.2) is 14.6 Å². The van der Waals surface area contributed by atoms with E-state index in [4.69, 9.17) is 4.74 Å². The normalized spacial score (nSPS) is 13.6. The first-order valence-electron chi connectivity index (χ1n) is 17.8. The fourth-order valence-electron chi connectivity index (χ4n) is 6.37. The van der Waals surface area contributed by atoms with Crippen molar-refractivity contribution in [2.75, 3.05) is 30.8 Å². The van der Waals surface area contributed by atoms with Crippen LogP contribution in [0, 0.1) is 0 Å². The van der Waals surface area contributed by atoms with E-state index in [1.807, 2.05) is 38.1 Å². The molecule has 3 aromatic carbocycles. The number of rotatable bonds is 13. The SMILES string of the molecule is CCC(CC)NC(=O)Nc1ccc(Oc2cnc(NC(=O)c3ccc(-n4cc(CN5CCC(O)CC5)c5ccccc54)cc3)s2)c(CN(C)C(=O)O)c1. The molecule has 4 amide bonds. The summed E-state index contributed by atoms with van der Waals surface area (Å²) in [6.45, 7) is 6.56. The number of ether oxygens (including phenoxy) is 1. The molecule has 53 heavy (non-hydrogen) atoms. The van der Waals surface area contributed by atoms with Crippen molar-refractivity contribution in [1.82, 2.24) is 24.7 Å². The van der Waals surface area contributed by atoms with Gasteiger partial charge in [0.25, 0.3) is 5.91 Å². The van der Waals surface area contributed by atoms with Crippen LogP contribution in [0.2, 0.25) is 0 Å². The number of carboxylic acid groups (broad SMARTS) is 1. The van der Waals surface area contributed by atoms with Gasteiger partial charge in [-0.3, -0.25) is 15.0 Å². The summed E-state index contributed by atoms with van der Waals surface area (Å²) < 4.78 is 8.25. The smallest absolute Gasteiger partial charge is 0.407 e. The van der Waals surface area contributed by atoms with E-state index < -0.39 is 6.09 Å². The molecule has 2 aromatic heterocycles. The van der Waals surface area contributed by atoms with Crippen LogP contribution < -0.4 is 20.7 Å². The van der Waals surface area contributed by atoms with Crippen molar-refractivity contribution in [3.63, 3.8) is 0 Å². The predicted octanol–water partition coefficient (Wildman–Crippen LogP) is 7.51. The van der Waals surface area contributed by atoms with Gasteiger partial charge in [-0.15, -0.1) is 0 Å². The molecular formula is C39H45N7O6S. The highest BCUT2D eigenvalue weighted by atomic mass is 32.1. The van der Waals surface area contributed by atoms with Crippen LogP contribution in [0.5, 0.6) is 10.8 Å². The van der Waals surface area contributed by atoms with E-state index in [-0.39, 0.29) is 30.6 Å². The van der Waals surface area contributed by atoms with Crippen molar-refractivity contribution in [1.29, 1.82) is 0 Å². The highest BCUT2D eigenvalue weighted by Crippen LogP contribution is 2.34. The molecule has 1 fully saturated rings. The number of benzene rings is 3. The molecule has 6 rings (SSSR count). The molecule has 0 spiro atoms. The van der Waals surface area contributed by atoms with Gasteiger partial charge in [-0.2, -0.15) is 0 Å². The Labute approximate surface area is 312 Å². The zero-order valence-electron chi connectivity index (χ0n) is 30.0. The van der Waals surface area contributed by atoms with E-state index in [1.54, 1.807) is 30.3 Å². The molecule has 3 heterocycles. The number of nitrogens with zero attached hydrogens (tertiary/aromatic N) is 4. The minimum Gasteiger partial charge on any atom is -0.465 e. The summed E-state index contributed by atoms with van der Waals surface area (Å²) in [5.74, 6) is 0.0604. The maximum atomic E-state index is 13.2. The van der Waals surface area contributed by atoms with Crippen molar-refractivity contribution in [3.05, 3.63) is 95.8 Å². The minimum absolute atomic E-state index is 0.0102. The number of carbonyl (C=O) groups excluding carboxylic acids is 2. The number of piperidine rings is 1. The van der Waals surface area contributed by atoms with Crippen LogP contribution in [0.3, 0.4) is 0 Å². The molecule has 1 saturated heterocycles. The third-order valence-electron chi connectivity index (χ3n) is 9.44. The van der Waals surface area contributed by atoms with Gasteiger partial charge in [0, 0.05) is 66.8 Å². The molecule has 278 valence electrons. The van der Waals surface area contributed by atoms with Gasteiger partial charge in [-0.05, 0) is 79.8 Å². The van der Waals surface area contributed by atoms with Crippen molar-refractivity contribution < 1.29 is 29.3 Å². The first-order chi connectivity index (χ1) is 25.6. The van der Waals surface area contributed by atoms with Crippen molar-refractivity contribution >= 4 is 51.1 Å². The number of hydrogen-bond acceptors (Lipinski definition) is 8. The molecule has 14 heteroatoms. The number of aliphatic hydroxyl groups excluding tert-OH is 1. The molecule has 0 unspecified atom stereocenters. The Hall–Kier alpha value is -5.44. The van der Waals surface area contributed by atoms with Crippen LogP contribution >= 0.6 is 11.3 Å². The average Bonchev–Trinajstić information content (AvgIpc) is 3.76. The maximum absolute atomic E-state index is 13.2. The molecule has 0 aliphatic carbocycles. The van der Waals surface area contributed by atoms with Gasteiger partial charge in [-0.1, -0.05) is 43.4 Å². The summed E-state index contributed by atoms with van der Waals surface area (Å²) in [5, 5.41) is 29.9. The second-order valence-corrected chi connectivity index (χ2v) is 14.2. The number of likely N-dealkylation sites (tertiary alicyclic amines) is 1. The largest absolute Gasteiger partial charge is 0.465 e. The lowest BCUT2D eigenvalue weighted by atomic mass is 10.1. The van der Waals surface area contributed by atoms with Gasteiger partial charge in [0.05, 0.1) is 24.4 Å². The van der Waals surface area contributed by atoms with E-state index >= 15 is 0 Å². The highest BCUT2D eigenvalue weighted by Gasteiger charge is 2.20. The van der Waals surface area contributed by atoms with E-state index in [9.17, 15) is 24.6 Å². The second-order valence-electron chi connectivity index (χ2n) is 13.2. The third kappa shape index (κ3) is 9.33. The minimum atomic E-state index is -1.11. The van der Waals surface area contributed by atoms with Crippen LogP contribution in [0.1, 0.15) is 61.0 Å². The lowest BCUT2D eigenvalue weighted by molar-refractivity contribution is 0.0794. The number of aromatic nitrogens is 2. The fraction of sp³-hybridized carbons (Fsp3) is 0.333. The van der Waals surface area contributed by atoms with E-state index in [2.05, 4.69) is 48.7 Å². The number of hydrogen-bond donors (Lipinski definition) is 5. The Morgan fingerprint density at radius 3 is 2.45 bits per heavy atom. The van der Waals surface area contributed by atoms with Crippen LogP contribution in [-0.2, 0) is 13.1 Å². The summed E-state index contributed by atoms with van der Waals surface area (Å²) in [6, 6.07) is 20.4. The summed E-state index contributed by atoms with van der Waals surface area (Å²) in [7, 11) is 1.45. The summed E-state index contributed by atoms with van der Waals surface area (Å²) in [5.41, 5.74) is 4.71. The van der Waals surface area contributed by atoms with E-state index in [0.717, 1.165) is 72.8 Å². The topological polar surface area (TPSA) is 161 Å². The second kappa shape index (κ2) is 16.9. The van der Waals surface area contributed by atoms with Crippen LogP contribution in [0.25, 0.3) is 16.6 Å². The quantitative estimate of drug-likeness (QED) is 0.0829. The molecule has 0 bridgehead atoms. The van der Waals surface area contributed by atoms with Gasteiger partial charge in [0.1, 0.15) is 5.75 Å². The van der Waals surface area contributed by atoms with E-state index in [0.29, 0.717) is 32.8 Å². The first kappa shape index (κ1) is 37.3. The average molecular weight is 740 g/mol. The zero-order valence-corrected chi connectivity index (χ0v) is 30.9. The molecule has 5 N–H and O–H groups in total. The Morgan fingerprint density at radius 2 is 1.74 bits per heavy atom. The molecule has 1 aliphatic rings. The van der Waals surface area contributed by atoms with Crippen molar-refractivity contribution in [2.45, 2.75) is 64.8 Å². The Bertz CT molecular complexity index is 2050. The Balaban J connectivity index is 1.12. The summed E-state index contributed by atoms with van der Waals surface area (Å²) >= 11 is 1.13. The lowest BCUT2D eigenvalue weighted by Gasteiger charge is -2.29. The zero-order chi connectivity index (χ0) is 37.5. The molecule has 5 aromatic rings. The molecular weight excluding hydrogens is 695 g/mol. The maximum Gasteiger partial charge on any atom is 0.407 e. The standard InChI is InChI=1S/C39H45N7O6S/c1-4-28(5-2)41-37(49)42-29-12-15-34(26(20-29)22-44(3)39(50)51)52-35-21-40-38(53-35)43-36(48)25-10-13-30(14-11-25)46-24-27(32-8-6-7-9-33(32)46)23-45-18-16-31(47)17-19-45/h6-15,20-21,24,28,31,47H,4-5,16-19,22-23H2,1-3H3,(H,50,51)(H,40,43,48)(H2,41,42,49). The highest BCUT2D eigenvalue weighted by molar-refractivity contribution is 7.17. The molecule has 1 aliphatic heterocycles. The summed E-state index contributed by atoms with van der Waals surface area (Å²) in [4.78, 5) is 45.2. The number of thiazole rings is 1. The summed E-state index contributed by atoms with van der Waals surface area (Å²) in [6.07, 6.45) is 5.50. The van der Waals surface area contributed by atoms with Crippen LogP contribution in [0.4, 0.5) is 20.4 Å². The number of amides is 4. The molecule has 0 atom stereocenters. The fourth-order valence-corrected chi connectivity index (χ4v) is 7.05. The van der Waals surface area contributed by atoms with Gasteiger partial charge in [0.2, 0.25) is 5.06 Å². The number of nitrogens with one attached hydrogen (secondary N) is 3. The first-order valence-corrected chi connectivity index (χ1v) is 18.6. The molecule has 0 saturated carbocycles. The van der Waals surface area contributed by atoms with Crippen molar-refractivity contribution in [2.24, 2.45) is 0 Å². The number of aliphatic hydroxyl groups is 1. The number of carbonyl (C=O) groups is 3. The number of anilines is 2. The van der Waals surface area contributed by atoms with Gasteiger partial charge in [0.15, 0.2) is 5.13 Å². The van der Waals surface area contributed by atoms with Gasteiger partial charge < -0.3 is 35.1 Å². The third-order valence-corrected chi connectivity index (χ3v) is 10.2. The number of fused-ring (bicyclic) bond motifs is 1. The van der Waals surface area contributed by atoms with Crippen molar-refractivity contribution in [3.8, 4) is 16.5 Å². The van der Waals surface area contributed by atoms with E-state index in [1.165, 1.54) is 24.2 Å². The lowest BCUT2D eigenvalue weighted by Crippen LogP contribution is -2.37. The molecule has 13 nitrogen and oxygen atoms in total. The van der Waals surface area contributed by atoms with Crippen LogP contribution in [0.15, 0.2) is 79.1 Å². The molecule has 0 radical (unpaired) electrons. The number of para-hydroxylation sites is 1. The predicted molar refractivity (Wildman–Crippen MR) is 206 cm³/mol. The Morgan fingerprint density at radius 1 is 1.00 bits per heavy atom. The van der Waals surface area contributed by atoms with Crippen LogP contribution in [-0.4, -0.2) is 79.9 Å². The van der Waals surface area contributed by atoms with Gasteiger partial charge >= 0.3 is 12.1 Å². The Kier molecular flexibility index (Phi) is 11.9. The number of urea groups is 1.